The summed E-state index contributed by atoms with van der Waals surface area (Å²) in [7, 11) is 0. The molecule has 0 aliphatic heterocycles. The van der Waals surface area contributed by atoms with E-state index in [-0.39, 0.29) is 0 Å². The molecule has 0 unspecified atom stereocenters. The van der Waals surface area contributed by atoms with Gasteiger partial charge in [-0.3, -0.25) is 4.98 Å². The minimum atomic E-state index is 0.859. The fourth-order valence-electron chi connectivity index (χ4n) is 2.28. The molecule has 0 aliphatic rings. The molecular formula is C14H8N2O. The first-order valence-corrected chi connectivity index (χ1v) is 5.43. The number of pyridine rings is 1. The first kappa shape index (κ1) is 8.70. The lowest BCUT2D eigenvalue weighted by Crippen LogP contribution is -1.78. The minimum absolute atomic E-state index is 0.859. The molecule has 0 atom stereocenters. The van der Waals surface area contributed by atoms with E-state index in [2.05, 4.69) is 16.0 Å². The number of fused-ring (bicyclic) bond motifs is 5. The van der Waals surface area contributed by atoms with E-state index in [1.807, 2.05) is 24.3 Å². The number of hydrogen-bond donors (Lipinski definition) is 0. The Kier molecular flexibility index (Phi) is 1.56. The number of para-hydroxylation sites is 1. The molecular weight excluding hydrogens is 212 g/mol. The molecule has 0 saturated carbocycles. The van der Waals surface area contributed by atoms with Crippen molar-refractivity contribution in [3.63, 3.8) is 0 Å². The topological polar surface area (TPSA) is 38.9 Å². The Morgan fingerprint density at radius 1 is 0.882 bits per heavy atom. The van der Waals surface area contributed by atoms with Gasteiger partial charge in [0.1, 0.15) is 11.8 Å². The maximum absolute atomic E-state index is 5.15. The van der Waals surface area contributed by atoms with E-state index in [9.17, 15) is 0 Å². The van der Waals surface area contributed by atoms with Gasteiger partial charge in [-0.1, -0.05) is 18.2 Å². The predicted octanol–water partition coefficient (Wildman–Crippen LogP) is 3.53. The second-order valence-electron chi connectivity index (χ2n) is 4.00. The van der Waals surface area contributed by atoms with Gasteiger partial charge in [-0.15, -0.1) is 0 Å². The van der Waals surface area contributed by atoms with Gasteiger partial charge in [0, 0.05) is 16.2 Å². The molecule has 3 aromatic heterocycles. The average Bonchev–Trinajstić information content (AvgIpc) is 2.77. The summed E-state index contributed by atoms with van der Waals surface area (Å²) in [6.45, 7) is 0. The third kappa shape index (κ3) is 1.11. The highest BCUT2D eigenvalue weighted by Gasteiger charge is 2.09. The molecule has 4 rings (SSSR count). The van der Waals surface area contributed by atoms with E-state index in [0.717, 1.165) is 27.3 Å². The molecule has 4 aromatic rings. The van der Waals surface area contributed by atoms with Gasteiger partial charge in [0.15, 0.2) is 0 Å². The maximum Gasteiger partial charge on any atom is 0.116 e. The summed E-state index contributed by atoms with van der Waals surface area (Å²) in [6.07, 6.45) is 5.13. The van der Waals surface area contributed by atoms with Crippen LogP contribution in [-0.4, -0.2) is 9.97 Å². The number of nitrogens with zero attached hydrogens (tertiary/aromatic N) is 2. The molecule has 3 heteroatoms. The molecule has 0 saturated heterocycles. The van der Waals surface area contributed by atoms with Gasteiger partial charge in [-0.25, -0.2) is 4.98 Å². The van der Waals surface area contributed by atoms with Gasteiger partial charge in [0.05, 0.1) is 23.5 Å². The number of aromatic nitrogens is 2. The highest BCUT2D eigenvalue weighted by Crippen LogP contribution is 2.30. The zero-order chi connectivity index (χ0) is 11.2. The van der Waals surface area contributed by atoms with Crippen molar-refractivity contribution in [2.45, 2.75) is 0 Å². The van der Waals surface area contributed by atoms with Gasteiger partial charge in [0.2, 0.25) is 0 Å². The molecule has 0 spiro atoms. The van der Waals surface area contributed by atoms with Crippen molar-refractivity contribution in [3.8, 4) is 0 Å². The van der Waals surface area contributed by atoms with E-state index in [1.165, 1.54) is 5.39 Å². The normalized spacial score (nSPS) is 11.5. The highest BCUT2D eigenvalue weighted by molar-refractivity contribution is 6.18. The van der Waals surface area contributed by atoms with Crippen LogP contribution in [-0.2, 0) is 0 Å². The van der Waals surface area contributed by atoms with E-state index in [4.69, 9.17) is 4.42 Å². The first-order valence-electron chi connectivity index (χ1n) is 5.43. The van der Waals surface area contributed by atoms with Crippen molar-refractivity contribution in [1.82, 2.24) is 9.97 Å². The van der Waals surface area contributed by atoms with Crippen LogP contribution in [0.3, 0.4) is 0 Å². The van der Waals surface area contributed by atoms with Crippen molar-refractivity contribution in [2.24, 2.45) is 0 Å². The molecule has 80 valence electrons. The smallest absolute Gasteiger partial charge is 0.116 e. The molecule has 0 amide bonds. The van der Waals surface area contributed by atoms with Crippen LogP contribution in [0.5, 0.6) is 0 Å². The second kappa shape index (κ2) is 3.04. The predicted molar refractivity (Wildman–Crippen MR) is 66.8 cm³/mol. The summed E-state index contributed by atoms with van der Waals surface area (Å²) in [4.78, 5) is 8.92. The Hall–Kier alpha value is -2.42. The fourth-order valence-corrected chi connectivity index (χ4v) is 2.28. The summed E-state index contributed by atoms with van der Waals surface area (Å²) in [6, 6.07) is 10.1. The van der Waals surface area contributed by atoms with Crippen molar-refractivity contribution in [2.75, 3.05) is 0 Å². The summed E-state index contributed by atoms with van der Waals surface area (Å²) in [5.41, 5.74) is 2.81. The monoisotopic (exact) mass is 220 g/mol. The maximum atomic E-state index is 5.15. The van der Waals surface area contributed by atoms with Crippen molar-refractivity contribution in [1.29, 1.82) is 0 Å². The average molecular weight is 220 g/mol. The summed E-state index contributed by atoms with van der Waals surface area (Å²) in [5, 5.41) is 3.41. The molecule has 17 heavy (non-hydrogen) atoms. The number of hydrogen-bond acceptors (Lipinski definition) is 3. The Labute approximate surface area is 96.7 Å². The Balaban J connectivity index is 2.38. The molecule has 0 radical (unpaired) electrons. The van der Waals surface area contributed by atoms with Crippen LogP contribution in [0.25, 0.3) is 32.7 Å². The van der Waals surface area contributed by atoms with E-state index in [1.54, 1.807) is 18.7 Å². The third-order valence-electron chi connectivity index (χ3n) is 3.03. The molecule has 1 aromatic carbocycles. The highest BCUT2D eigenvalue weighted by atomic mass is 16.3. The summed E-state index contributed by atoms with van der Waals surface area (Å²) < 4.78 is 5.15. The van der Waals surface area contributed by atoms with Gasteiger partial charge in [-0.05, 0) is 12.1 Å². The zero-order valence-electron chi connectivity index (χ0n) is 8.92. The summed E-state index contributed by atoms with van der Waals surface area (Å²) in [5.74, 6) is 0. The van der Waals surface area contributed by atoms with Gasteiger partial charge in [-0.2, -0.15) is 0 Å². The zero-order valence-corrected chi connectivity index (χ0v) is 8.92. The van der Waals surface area contributed by atoms with Crippen LogP contribution in [0, 0.1) is 0 Å². The van der Waals surface area contributed by atoms with Crippen LogP contribution in [0.1, 0.15) is 0 Å². The van der Waals surface area contributed by atoms with Crippen LogP contribution < -0.4 is 0 Å². The van der Waals surface area contributed by atoms with E-state index in [0.29, 0.717) is 0 Å². The Morgan fingerprint density at radius 2 is 1.76 bits per heavy atom. The Bertz CT molecular complexity index is 842. The SMILES string of the molecule is c1ccc2c(c1)nc1cnc3coccc3c12. The van der Waals surface area contributed by atoms with Crippen LogP contribution >= 0.6 is 0 Å². The molecule has 0 bridgehead atoms. The van der Waals surface area contributed by atoms with Gasteiger partial charge >= 0.3 is 0 Å². The van der Waals surface area contributed by atoms with Gasteiger partial charge in [0.25, 0.3) is 0 Å². The van der Waals surface area contributed by atoms with Crippen LogP contribution in [0.15, 0.2) is 53.5 Å². The molecule has 0 N–H and O–H groups in total. The van der Waals surface area contributed by atoms with Crippen molar-refractivity contribution in [3.05, 3.63) is 49.1 Å². The molecule has 0 aliphatic carbocycles. The fraction of sp³-hybridized carbons (Fsp3) is 0. The lowest BCUT2D eigenvalue weighted by atomic mass is 10.1. The number of rotatable bonds is 0. The quantitative estimate of drug-likeness (QED) is 0.455. The third-order valence-corrected chi connectivity index (χ3v) is 3.03. The van der Waals surface area contributed by atoms with Crippen LogP contribution in [0.2, 0.25) is 0 Å². The van der Waals surface area contributed by atoms with Crippen molar-refractivity contribution >= 4 is 32.7 Å². The summed E-state index contributed by atoms with van der Waals surface area (Å²) >= 11 is 0. The van der Waals surface area contributed by atoms with E-state index >= 15 is 0 Å². The first-order chi connectivity index (χ1) is 8.43. The van der Waals surface area contributed by atoms with E-state index < -0.39 is 0 Å². The molecule has 0 fully saturated rings. The van der Waals surface area contributed by atoms with Crippen molar-refractivity contribution < 1.29 is 4.42 Å². The standard InChI is InChI=1S/C14H8N2O/c1-2-4-11-9(3-1)14-10-5-6-17-8-13(10)15-7-12(14)16-11/h1-8H. The van der Waals surface area contributed by atoms with Crippen LogP contribution in [0.4, 0.5) is 0 Å². The minimum Gasteiger partial charge on any atom is -0.470 e. The molecule has 3 heterocycles. The Morgan fingerprint density at radius 3 is 2.76 bits per heavy atom. The lowest BCUT2D eigenvalue weighted by molar-refractivity contribution is 0.556. The number of benzene rings is 1. The molecule has 3 nitrogen and oxygen atoms in total. The van der Waals surface area contributed by atoms with Gasteiger partial charge < -0.3 is 4.42 Å². The largest absolute Gasteiger partial charge is 0.470 e. The lowest BCUT2D eigenvalue weighted by Gasteiger charge is -1.97. The second-order valence-corrected chi connectivity index (χ2v) is 4.00.